The van der Waals surface area contributed by atoms with Crippen LogP contribution in [-0.4, -0.2) is 25.0 Å². The van der Waals surface area contributed by atoms with Crippen molar-refractivity contribution in [3.8, 4) is 0 Å². The molecule has 2 N–H and O–H groups in total. The second-order valence-electron chi connectivity index (χ2n) is 6.31. The van der Waals surface area contributed by atoms with Crippen molar-refractivity contribution in [2.75, 3.05) is 13.1 Å². The van der Waals surface area contributed by atoms with E-state index in [-0.39, 0.29) is 23.7 Å². The van der Waals surface area contributed by atoms with E-state index < -0.39 is 0 Å². The van der Waals surface area contributed by atoms with Crippen molar-refractivity contribution in [1.82, 2.24) is 10.6 Å². The first kappa shape index (κ1) is 16.8. The summed E-state index contributed by atoms with van der Waals surface area (Å²) in [5.41, 5.74) is -0.0533. The first-order valence-electron chi connectivity index (χ1n) is 7.72. The van der Waals surface area contributed by atoms with Crippen molar-refractivity contribution in [3.05, 3.63) is 0 Å². The van der Waals surface area contributed by atoms with Crippen molar-refractivity contribution in [2.45, 2.75) is 70.8 Å². The number of hydrogen-bond donors (Lipinski definition) is 2. The highest BCUT2D eigenvalue weighted by molar-refractivity contribution is 5.85. The average molecular weight is 289 g/mol. The zero-order chi connectivity index (χ0) is 12.8. The normalized spacial score (nSPS) is 22.8. The molecule has 0 unspecified atom stereocenters. The predicted molar refractivity (Wildman–Crippen MR) is 81.7 cm³/mol. The van der Waals surface area contributed by atoms with Gasteiger partial charge in [-0.05, 0) is 25.7 Å². The molecule has 0 saturated heterocycles. The van der Waals surface area contributed by atoms with Gasteiger partial charge in [-0.3, -0.25) is 4.79 Å². The maximum absolute atomic E-state index is 11.9. The highest BCUT2D eigenvalue weighted by Crippen LogP contribution is 2.40. The standard InChI is InChI=1S/C15H28N2O.ClH/c1-15(9-6-10-15)14(18)17-12-11-16-13-7-4-2-3-5-8-13;/h13,16H,2-12H2,1H3,(H,17,18);1H. The number of halogens is 1. The molecule has 2 fully saturated rings. The fourth-order valence-electron chi connectivity index (χ4n) is 3.08. The van der Waals surface area contributed by atoms with E-state index in [1.807, 2.05) is 0 Å². The Morgan fingerprint density at radius 1 is 1.05 bits per heavy atom. The highest BCUT2D eigenvalue weighted by atomic mass is 35.5. The molecular formula is C15H29ClN2O. The van der Waals surface area contributed by atoms with Crippen LogP contribution in [0.4, 0.5) is 0 Å². The van der Waals surface area contributed by atoms with E-state index in [1.54, 1.807) is 0 Å². The molecule has 2 saturated carbocycles. The van der Waals surface area contributed by atoms with E-state index in [1.165, 1.54) is 44.9 Å². The Labute approximate surface area is 123 Å². The van der Waals surface area contributed by atoms with Gasteiger partial charge in [-0.25, -0.2) is 0 Å². The molecule has 19 heavy (non-hydrogen) atoms. The Morgan fingerprint density at radius 2 is 1.68 bits per heavy atom. The molecule has 0 atom stereocenters. The van der Waals surface area contributed by atoms with Gasteiger partial charge in [-0.15, -0.1) is 12.4 Å². The molecule has 0 radical (unpaired) electrons. The summed E-state index contributed by atoms with van der Waals surface area (Å²) >= 11 is 0. The minimum atomic E-state index is -0.0533. The van der Waals surface area contributed by atoms with Gasteiger partial charge < -0.3 is 10.6 Å². The van der Waals surface area contributed by atoms with Crippen LogP contribution in [0.1, 0.15) is 64.7 Å². The number of hydrogen-bond acceptors (Lipinski definition) is 2. The van der Waals surface area contributed by atoms with E-state index >= 15 is 0 Å². The zero-order valence-corrected chi connectivity index (χ0v) is 13.0. The van der Waals surface area contributed by atoms with Gasteiger partial charge in [0.15, 0.2) is 0 Å². The third-order valence-electron chi connectivity index (χ3n) is 4.70. The average Bonchev–Trinajstić information content (AvgIpc) is 2.60. The van der Waals surface area contributed by atoms with Gasteiger partial charge in [-0.2, -0.15) is 0 Å². The topological polar surface area (TPSA) is 41.1 Å². The fraction of sp³-hybridized carbons (Fsp3) is 0.933. The number of rotatable bonds is 5. The van der Waals surface area contributed by atoms with E-state index in [2.05, 4.69) is 17.6 Å². The van der Waals surface area contributed by atoms with Crippen molar-refractivity contribution >= 4 is 18.3 Å². The molecule has 1 amide bonds. The smallest absolute Gasteiger partial charge is 0.225 e. The largest absolute Gasteiger partial charge is 0.354 e. The Kier molecular flexibility index (Phi) is 7.16. The Hall–Kier alpha value is -0.280. The van der Waals surface area contributed by atoms with Gasteiger partial charge >= 0.3 is 0 Å². The lowest BCUT2D eigenvalue weighted by Crippen LogP contribution is -2.46. The van der Waals surface area contributed by atoms with Gasteiger partial charge in [0.05, 0.1) is 0 Å². The maximum Gasteiger partial charge on any atom is 0.225 e. The van der Waals surface area contributed by atoms with Crippen LogP contribution >= 0.6 is 12.4 Å². The lowest BCUT2D eigenvalue weighted by molar-refractivity contribution is -0.134. The fourth-order valence-corrected chi connectivity index (χ4v) is 3.08. The number of carbonyl (C=O) groups is 1. The van der Waals surface area contributed by atoms with E-state index in [0.29, 0.717) is 6.04 Å². The molecule has 112 valence electrons. The second-order valence-corrected chi connectivity index (χ2v) is 6.31. The number of amides is 1. The lowest BCUT2D eigenvalue weighted by atomic mass is 9.70. The summed E-state index contributed by atoms with van der Waals surface area (Å²) < 4.78 is 0. The van der Waals surface area contributed by atoms with Crippen LogP contribution < -0.4 is 10.6 Å². The molecule has 2 aliphatic rings. The first-order valence-corrected chi connectivity index (χ1v) is 7.72. The molecule has 0 aromatic rings. The van der Waals surface area contributed by atoms with Crippen molar-refractivity contribution < 1.29 is 4.79 Å². The second kappa shape index (κ2) is 8.11. The minimum absolute atomic E-state index is 0. The third kappa shape index (κ3) is 4.96. The Bertz CT molecular complexity index is 271. The summed E-state index contributed by atoms with van der Waals surface area (Å²) in [5, 5.41) is 6.67. The van der Waals surface area contributed by atoms with E-state index in [0.717, 1.165) is 25.9 Å². The number of nitrogens with one attached hydrogen (secondary N) is 2. The quantitative estimate of drug-likeness (QED) is 0.603. The van der Waals surface area contributed by atoms with Gasteiger partial charge in [0.1, 0.15) is 0 Å². The molecule has 0 spiro atoms. The lowest BCUT2D eigenvalue weighted by Gasteiger charge is -2.36. The van der Waals surface area contributed by atoms with Crippen molar-refractivity contribution in [3.63, 3.8) is 0 Å². The number of carbonyl (C=O) groups excluding carboxylic acids is 1. The van der Waals surface area contributed by atoms with Gasteiger partial charge in [0, 0.05) is 24.5 Å². The molecule has 0 aliphatic heterocycles. The molecule has 4 heteroatoms. The summed E-state index contributed by atoms with van der Waals surface area (Å²) in [6.07, 6.45) is 11.5. The minimum Gasteiger partial charge on any atom is -0.354 e. The summed E-state index contributed by atoms with van der Waals surface area (Å²) in [6, 6.07) is 0.684. The molecule has 3 nitrogen and oxygen atoms in total. The van der Waals surface area contributed by atoms with Crippen LogP contribution in [-0.2, 0) is 4.79 Å². The summed E-state index contributed by atoms with van der Waals surface area (Å²) in [4.78, 5) is 11.9. The van der Waals surface area contributed by atoms with E-state index in [9.17, 15) is 4.79 Å². The van der Waals surface area contributed by atoms with Crippen LogP contribution in [0, 0.1) is 5.41 Å². The van der Waals surface area contributed by atoms with Gasteiger partial charge in [-0.1, -0.05) is 39.0 Å². The van der Waals surface area contributed by atoms with E-state index in [4.69, 9.17) is 0 Å². The SMILES string of the molecule is CC1(C(=O)NCCNC2CCCCCC2)CCC1.Cl. The summed E-state index contributed by atoms with van der Waals surface area (Å²) in [5.74, 6) is 0.261. The molecule has 2 rings (SSSR count). The van der Waals surface area contributed by atoms with Crippen LogP contribution in [0.15, 0.2) is 0 Å². The monoisotopic (exact) mass is 288 g/mol. The van der Waals surface area contributed by atoms with Crippen LogP contribution in [0.2, 0.25) is 0 Å². The molecule has 0 aromatic heterocycles. The molecule has 0 bridgehead atoms. The maximum atomic E-state index is 11.9. The molecule has 0 aromatic carbocycles. The first-order chi connectivity index (χ1) is 8.71. The Balaban J connectivity index is 0.00000180. The summed E-state index contributed by atoms with van der Waals surface area (Å²) in [7, 11) is 0. The molecular weight excluding hydrogens is 260 g/mol. The summed E-state index contributed by atoms with van der Waals surface area (Å²) in [6.45, 7) is 3.79. The predicted octanol–water partition coefficient (Wildman–Crippen LogP) is 3.03. The van der Waals surface area contributed by atoms with Crippen molar-refractivity contribution in [1.29, 1.82) is 0 Å². The van der Waals surface area contributed by atoms with Crippen molar-refractivity contribution in [2.24, 2.45) is 5.41 Å². The molecule has 0 heterocycles. The van der Waals surface area contributed by atoms with Crippen LogP contribution in [0.25, 0.3) is 0 Å². The Morgan fingerprint density at radius 3 is 2.21 bits per heavy atom. The highest BCUT2D eigenvalue weighted by Gasteiger charge is 2.38. The van der Waals surface area contributed by atoms with Crippen LogP contribution in [0.3, 0.4) is 0 Å². The van der Waals surface area contributed by atoms with Crippen LogP contribution in [0.5, 0.6) is 0 Å². The molecule has 2 aliphatic carbocycles. The third-order valence-corrected chi connectivity index (χ3v) is 4.70. The van der Waals surface area contributed by atoms with Gasteiger partial charge in [0.25, 0.3) is 0 Å². The zero-order valence-electron chi connectivity index (χ0n) is 12.2. The van der Waals surface area contributed by atoms with Gasteiger partial charge in [0.2, 0.25) is 5.91 Å².